The Kier molecular flexibility index (Phi) is 2.41. The van der Waals surface area contributed by atoms with Crippen LogP contribution < -0.4 is 0 Å². The molecule has 0 heterocycles. The molecule has 0 N–H and O–H groups in total. The molecule has 2 aliphatic carbocycles. The first-order chi connectivity index (χ1) is 8.38. The summed E-state index contributed by atoms with van der Waals surface area (Å²) in [5.74, 6) is 0.357. The molecule has 1 aromatic carbocycles. The molecule has 0 spiro atoms. The summed E-state index contributed by atoms with van der Waals surface area (Å²) in [4.78, 5) is 10.1. The van der Waals surface area contributed by atoms with Gasteiger partial charge in [0.2, 0.25) is 0 Å². The molecule has 2 nitrogen and oxygen atoms in total. The van der Waals surface area contributed by atoms with E-state index in [0.29, 0.717) is 12.5 Å². The van der Waals surface area contributed by atoms with Gasteiger partial charge in [-0.1, -0.05) is 48.6 Å². The molecular weight excluding hydrogens is 212 g/mol. The minimum atomic E-state index is 0.290. The van der Waals surface area contributed by atoms with E-state index in [0.717, 1.165) is 5.56 Å². The molecule has 0 fully saturated rings. The second kappa shape index (κ2) is 4.06. The maximum atomic E-state index is 10.1. The third-order valence-electron chi connectivity index (χ3n) is 3.17. The van der Waals surface area contributed by atoms with Gasteiger partial charge in [0.15, 0.2) is 0 Å². The van der Waals surface area contributed by atoms with Gasteiger partial charge in [0.05, 0.1) is 0 Å². The third-order valence-corrected chi connectivity index (χ3v) is 3.17. The third kappa shape index (κ3) is 1.72. The molecule has 17 heavy (non-hydrogen) atoms. The normalized spacial score (nSPS) is 19.5. The van der Waals surface area contributed by atoms with Crippen LogP contribution in [0.5, 0.6) is 0 Å². The van der Waals surface area contributed by atoms with Gasteiger partial charge in [-0.15, -0.1) is 0 Å². The molecule has 0 saturated carbocycles. The number of benzene rings is 1. The fourth-order valence-corrected chi connectivity index (χ4v) is 2.38. The Morgan fingerprint density at radius 2 is 2.24 bits per heavy atom. The zero-order chi connectivity index (χ0) is 11.7. The zero-order valence-electron chi connectivity index (χ0n) is 9.22. The lowest BCUT2D eigenvalue weighted by molar-refractivity contribution is 0.267. The summed E-state index contributed by atoms with van der Waals surface area (Å²) in [5.41, 5.74) is 4.86. The first-order valence-corrected chi connectivity index (χ1v) is 5.57. The van der Waals surface area contributed by atoms with E-state index in [-0.39, 0.29) is 0 Å². The van der Waals surface area contributed by atoms with E-state index < -0.39 is 0 Å². The molecule has 0 bridgehead atoms. The van der Waals surface area contributed by atoms with Crippen LogP contribution in [-0.2, 0) is 16.1 Å². The van der Waals surface area contributed by atoms with Gasteiger partial charge >= 0.3 is 6.47 Å². The number of carbonyl (C=O) groups excluding carboxylic acids is 1. The lowest BCUT2D eigenvalue weighted by atomic mass is 9.91. The first-order valence-electron chi connectivity index (χ1n) is 5.57. The Morgan fingerprint density at radius 3 is 3.12 bits per heavy atom. The van der Waals surface area contributed by atoms with Gasteiger partial charge in [-0.2, -0.15) is 0 Å². The van der Waals surface area contributed by atoms with Crippen molar-refractivity contribution in [2.75, 3.05) is 0 Å². The van der Waals surface area contributed by atoms with Crippen molar-refractivity contribution in [2.45, 2.75) is 12.5 Å². The summed E-state index contributed by atoms with van der Waals surface area (Å²) in [6, 6.07) is 6.16. The van der Waals surface area contributed by atoms with Gasteiger partial charge < -0.3 is 4.74 Å². The average molecular weight is 223 g/mol. The number of allylic oxidation sites excluding steroid dienone is 5. The lowest BCUT2D eigenvalue weighted by Gasteiger charge is -2.13. The smallest absolute Gasteiger partial charge is 0.417 e. The van der Waals surface area contributed by atoms with Crippen LogP contribution in [0.15, 0.2) is 48.1 Å². The molecule has 2 aliphatic rings. The lowest BCUT2D eigenvalue weighted by Crippen LogP contribution is -1.98. The van der Waals surface area contributed by atoms with E-state index in [9.17, 15) is 4.79 Å². The van der Waals surface area contributed by atoms with E-state index in [2.05, 4.69) is 47.2 Å². The van der Waals surface area contributed by atoms with Crippen LogP contribution in [0.1, 0.15) is 22.6 Å². The number of rotatable bonds is 3. The molecule has 83 valence electrons. The van der Waals surface area contributed by atoms with Crippen LogP contribution in [0.3, 0.4) is 0 Å². The number of fused-ring (bicyclic) bond motifs is 3. The van der Waals surface area contributed by atoms with Gasteiger partial charge in [0, 0.05) is 5.92 Å². The number of hydrogen-bond donors (Lipinski definition) is 0. The van der Waals surface area contributed by atoms with Crippen LogP contribution >= 0.6 is 0 Å². The van der Waals surface area contributed by atoms with E-state index in [4.69, 9.17) is 0 Å². The van der Waals surface area contributed by atoms with E-state index >= 15 is 0 Å². The van der Waals surface area contributed by atoms with Crippen molar-refractivity contribution in [1.82, 2.24) is 0 Å². The van der Waals surface area contributed by atoms with Crippen molar-refractivity contribution in [1.29, 1.82) is 0 Å². The summed E-state index contributed by atoms with van der Waals surface area (Å²) >= 11 is 0. The Hall–Kier alpha value is -2.09. The quantitative estimate of drug-likeness (QED) is 0.787. The molecule has 1 atom stereocenters. The highest BCUT2D eigenvalue weighted by Crippen LogP contribution is 2.39. The molecule has 1 radical (unpaired) electrons. The molecule has 0 aromatic heterocycles. The maximum Gasteiger partial charge on any atom is 0.417 e. The summed E-state index contributed by atoms with van der Waals surface area (Å²) in [6.07, 6.45) is 10.7. The highest BCUT2D eigenvalue weighted by Gasteiger charge is 2.22. The van der Waals surface area contributed by atoms with Crippen molar-refractivity contribution in [2.24, 2.45) is 0 Å². The Bertz CT molecular complexity index is 550. The van der Waals surface area contributed by atoms with Crippen molar-refractivity contribution in [3.63, 3.8) is 0 Å². The molecule has 0 saturated heterocycles. The van der Waals surface area contributed by atoms with E-state index in [1.54, 1.807) is 0 Å². The molecule has 0 amide bonds. The molecule has 2 heteroatoms. The van der Waals surface area contributed by atoms with Crippen molar-refractivity contribution in [3.8, 4) is 0 Å². The van der Waals surface area contributed by atoms with Gasteiger partial charge in [-0.25, -0.2) is 4.79 Å². The summed E-state index contributed by atoms with van der Waals surface area (Å²) in [6.45, 7) is 1.74. The zero-order valence-corrected chi connectivity index (χ0v) is 9.22. The maximum absolute atomic E-state index is 10.1. The van der Waals surface area contributed by atoms with Crippen LogP contribution in [0.25, 0.3) is 6.08 Å². The standard InChI is InChI=1S/C15H11O2/c16-10-17-9-11-5-6-13-8-12-3-1-2-4-14(12)15(13)7-11/h1-8,14H,9H2. The fraction of sp³-hybridized carbons (Fsp3) is 0.133. The average Bonchev–Trinajstić information content (AvgIpc) is 2.74. The molecule has 1 aromatic rings. The molecule has 0 aliphatic heterocycles. The van der Waals surface area contributed by atoms with Crippen LogP contribution in [0.2, 0.25) is 0 Å². The predicted molar refractivity (Wildman–Crippen MR) is 65.9 cm³/mol. The topological polar surface area (TPSA) is 26.3 Å². The van der Waals surface area contributed by atoms with Crippen molar-refractivity contribution >= 4 is 12.5 Å². The Labute approximate surface area is 99.9 Å². The van der Waals surface area contributed by atoms with E-state index in [1.807, 2.05) is 6.07 Å². The van der Waals surface area contributed by atoms with Crippen LogP contribution in [0, 0.1) is 0 Å². The monoisotopic (exact) mass is 223 g/mol. The second-order valence-corrected chi connectivity index (χ2v) is 4.20. The fourth-order valence-electron chi connectivity index (χ4n) is 2.38. The summed E-state index contributed by atoms with van der Waals surface area (Å²) < 4.78 is 4.66. The Morgan fingerprint density at radius 1 is 1.29 bits per heavy atom. The Balaban J connectivity index is 1.95. The molecular formula is C15H11O2. The van der Waals surface area contributed by atoms with Crippen molar-refractivity contribution in [3.05, 3.63) is 64.8 Å². The minimum absolute atomic E-state index is 0.290. The van der Waals surface area contributed by atoms with E-state index in [1.165, 1.54) is 23.2 Å². The minimum Gasteiger partial charge on any atom is -0.452 e. The second-order valence-electron chi connectivity index (χ2n) is 4.20. The van der Waals surface area contributed by atoms with Crippen molar-refractivity contribution < 1.29 is 9.53 Å². The number of ether oxygens (including phenoxy) is 1. The predicted octanol–water partition coefficient (Wildman–Crippen LogP) is 2.88. The van der Waals surface area contributed by atoms with Gasteiger partial charge in [-0.3, -0.25) is 0 Å². The first kappa shape index (κ1) is 10.1. The summed E-state index contributed by atoms with van der Waals surface area (Å²) in [5, 5.41) is 0. The highest BCUT2D eigenvalue weighted by molar-refractivity contribution is 5.72. The van der Waals surface area contributed by atoms with Gasteiger partial charge in [0.25, 0.3) is 0 Å². The molecule has 3 rings (SSSR count). The molecule has 1 unspecified atom stereocenters. The van der Waals surface area contributed by atoms with Crippen LogP contribution in [0.4, 0.5) is 0 Å². The number of hydrogen-bond acceptors (Lipinski definition) is 2. The summed E-state index contributed by atoms with van der Waals surface area (Å²) in [7, 11) is 0. The van der Waals surface area contributed by atoms with Gasteiger partial charge in [-0.05, 0) is 22.3 Å². The van der Waals surface area contributed by atoms with Gasteiger partial charge in [0.1, 0.15) is 6.61 Å². The highest BCUT2D eigenvalue weighted by atomic mass is 16.5. The SMILES string of the molecule is O=[C]OCc1ccc2c(c1)C1C=CC=CC1=C2. The largest absolute Gasteiger partial charge is 0.452 e. The van der Waals surface area contributed by atoms with Crippen LogP contribution in [-0.4, -0.2) is 6.47 Å².